The number of nitrogens with two attached hydrogens (primary N) is 1. The van der Waals surface area contributed by atoms with Crippen LogP contribution < -0.4 is 5.73 Å². The number of benzene rings is 1. The maximum absolute atomic E-state index is 12.0. The van der Waals surface area contributed by atoms with Crippen LogP contribution in [0.25, 0.3) is 6.08 Å². The summed E-state index contributed by atoms with van der Waals surface area (Å²) < 4.78 is 46.4. The van der Waals surface area contributed by atoms with E-state index in [2.05, 4.69) is 0 Å². The average Bonchev–Trinajstić information content (AvgIpc) is 2.38. The van der Waals surface area contributed by atoms with Gasteiger partial charge in [0.15, 0.2) is 9.84 Å². The van der Waals surface area contributed by atoms with Gasteiger partial charge in [-0.05, 0) is 23.8 Å². The van der Waals surface area contributed by atoms with Crippen molar-refractivity contribution in [2.75, 3.05) is 17.7 Å². The zero-order valence-electron chi connectivity index (χ0n) is 9.04. The van der Waals surface area contributed by atoms with E-state index in [0.29, 0.717) is 11.3 Å². The molecule has 0 saturated heterocycles. The summed E-state index contributed by atoms with van der Waals surface area (Å²) in [6, 6.07) is 4.49. The first kappa shape index (κ1) is 12.1. The Bertz CT molecular complexity index is 715. The zero-order valence-corrected chi connectivity index (χ0v) is 10.7. The van der Waals surface area contributed by atoms with Crippen LogP contribution in [0.5, 0.6) is 0 Å². The van der Waals surface area contributed by atoms with Gasteiger partial charge in [0.2, 0.25) is 9.84 Å². The van der Waals surface area contributed by atoms with Gasteiger partial charge in [-0.15, -0.1) is 0 Å². The SMILES string of the molecule is CS(=O)(=O)CC1=Cc2ccc(N)cc2S1(=O)=O. The Morgan fingerprint density at radius 3 is 2.53 bits per heavy atom. The highest BCUT2D eigenvalue weighted by Crippen LogP contribution is 2.34. The van der Waals surface area contributed by atoms with Crippen molar-refractivity contribution >= 4 is 31.4 Å². The molecule has 1 aliphatic rings. The summed E-state index contributed by atoms with van der Waals surface area (Å²) in [7, 11) is -7.09. The van der Waals surface area contributed by atoms with Gasteiger partial charge in [0.05, 0.1) is 15.6 Å². The Morgan fingerprint density at radius 2 is 1.94 bits per heavy atom. The second kappa shape index (κ2) is 3.58. The summed E-state index contributed by atoms with van der Waals surface area (Å²) in [5.41, 5.74) is 6.34. The van der Waals surface area contributed by atoms with Crippen LogP contribution >= 0.6 is 0 Å². The Labute approximate surface area is 99.8 Å². The molecule has 1 heterocycles. The number of hydrogen-bond acceptors (Lipinski definition) is 5. The molecule has 92 valence electrons. The van der Waals surface area contributed by atoms with Crippen LogP contribution in [0, 0.1) is 0 Å². The van der Waals surface area contributed by atoms with Crippen LogP contribution in [0.3, 0.4) is 0 Å². The number of hydrogen-bond donors (Lipinski definition) is 1. The molecule has 0 amide bonds. The minimum atomic E-state index is -3.70. The first-order valence-electron chi connectivity index (χ1n) is 4.73. The van der Waals surface area contributed by atoms with Crippen molar-refractivity contribution < 1.29 is 16.8 Å². The van der Waals surface area contributed by atoms with Crippen molar-refractivity contribution in [1.82, 2.24) is 0 Å². The van der Waals surface area contributed by atoms with Gasteiger partial charge in [0.25, 0.3) is 0 Å². The second-order valence-corrected chi connectivity index (χ2v) is 8.09. The molecule has 0 atom stereocenters. The van der Waals surface area contributed by atoms with Crippen LogP contribution in [0.1, 0.15) is 5.56 Å². The molecule has 7 heteroatoms. The minimum absolute atomic E-state index is 0.0798. The summed E-state index contributed by atoms with van der Waals surface area (Å²) in [5.74, 6) is -0.482. The molecule has 5 nitrogen and oxygen atoms in total. The molecule has 0 bridgehead atoms. The van der Waals surface area contributed by atoms with E-state index in [-0.39, 0.29) is 9.80 Å². The van der Waals surface area contributed by atoms with Crippen LogP contribution in [-0.2, 0) is 19.7 Å². The Morgan fingerprint density at radius 1 is 1.29 bits per heavy atom. The highest BCUT2D eigenvalue weighted by molar-refractivity contribution is 7.98. The van der Waals surface area contributed by atoms with Gasteiger partial charge in [-0.25, -0.2) is 16.8 Å². The van der Waals surface area contributed by atoms with Gasteiger partial charge in [-0.2, -0.15) is 0 Å². The Hall–Kier alpha value is -1.34. The molecule has 0 saturated carbocycles. The lowest BCUT2D eigenvalue weighted by Crippen LogP contribution is -2.11. The number of nitrogen functional groups attached to an aromatic ring is 1. The summed E-state index contributed by atoms with van der Waals surface area (Å²) in [4.78, 5) is -0.0169. The highest BCUT2D eigenvalue weighted by atomic mass is 32.2. The molecule has 0 unspecified atom stereocenters. The van der Waals surface area contributed by atoms with Crippen molar-refractivity contribution in [2.45, 2.75) is 4.90 Å². The van der Waals surface area contributed by atoms with Gasteiger partial charge in [-0.3, -0.25) is 0 Å². The standard InChI is InChI=1S/C10H11NO4S2/c1-16(12,13)6-9-4-7-2-3-8(11)5-10(7)17(9,14)15/h2-5H,6,11H2,1H3. The maximum Gasteiger partial charge on any atom is 0.204 e. The Balaban J connectivity index is 2.58. The van der Waals surface area contributed by atoms with E-state index < -0.39 is 25.4 Å². The van der Waals surface area contributed by atoms with Gasteiger partial charge >= 0.3 is 0 Å². The first-order valence-corrected chi connectivity index (χ1v) is 8.27. The lowest BCUT2D eigenvalue weighted by atomic mass is 10.2. The van der Waals surface area contributed by atoms with E-state index in [4.69, 9.17) is 5.73 Å². The Kier molecular flexibility index (Phi) is 2.55. The summed E-state index contributed by atoms with van der Waals surface area (Å²) in [5, 5.41) is 0. The lowest BCUT2D eigenvalue weighted by Gasteiger charge is -2.03. The van der Waals surface area contributed by atoms with Crippen molar-refractivity contribution in [3.8, 4) is 0 Å². The molecule has 1 aliphatic heterocycles. The molecule has 0 fully saturated rings. The molecule has 0 spiro atoms. The molecule has 1 aromatic carbocycles. The van der Waals surface area contributed by atoms with Gasteiger partial charge in [0.1, 0.15) is 0 Å². The first-order chi connectivity index (χ1) is 7.70. The van der Waals surface area contributed by atoms with E-state index in [1.165, 1.54) is 12.1 Å². The van der Waals surface area contributed by atoms with E-state index in [1.54, 1.807) is 12.1 Å². The summed E-state index contributed by atoms with van der Waals surface area (Å²) in [6.45, 7) is 0. The topological polar surface area (TPSA) is 94.3 Å². The third kappa shape index (κ3) is 2.20. The third-order valence-electron chi connectivity index (χ3n) is 2.39. The normalized spacial score (nSPS) is 17.6. The monoisotopic (exact) mass is 273 g/mol. The fourth-order valence-corrected chi connectivity index (χ4v) is 4.83. The van der Waals surface area contributed by atoms with E-state index >= 15 is 0 Å². The number of anilines is 1. The predicted octanol–water partition coefficient (Wildman–Crippen LogP) is 0.442. The molecular formula is C10H11NO4S2. The molecule has 2 N–H and O–H groups in total. The lowest BCUT2D eigenvalue weighted by molar-refractivity contribution is 0.596. The van der Waals surface area contributed by atoms with Gasteiger partial charge < -0.3 is 5.73 Å². The number of sulfone groups is 2. The largest absolute Gasteiger partial charge is 0.399 e. The van der Waals surface area contributed by atoms with Crippen LogP contribution in [0.2, 0.25) is 0 Å². The van der Waals surface area contributed by atoms with Crippen LogP contribution in [0.4, 0.5) is 5.69 Å². The molecule has 17 heavy (non-hydrogen) atoms. The summed E-state index contributed by atoms with van der Waals surface area (Å²) in [6.07, 6.45) is 2.38. The molecule has 1 aromatic rings. The van der Waals surface area contributed by atoms with Crippen molar-refractivity contribution in [3.63, 3.8) is 0 Å². The molecule has 0 aliphatic carbocycles. The van der Waals surface area contributed by atoms with Crippen LogP contribution in [0.15, 0.2) is 28.0 Å². The van der Waals surface area contributed by atoms with Crippen molar-refractivity contribution in [3.05, 3.63) is 28.7 Å². The predicted molar refractivity (Wildman–Crippen MR) is 65.7 cm³/mol. The van der Waals surface area contributed by atoms with E-state index in [1.807, 2.05) is 0 Å². The van der Waals surface area contributed by atoms with Crippen LogP contribution in [-0.4, -0.2) is 28.8 Å². The van der Waals surface area contributed by atoms with E-state index in [0.717, 1.165) is 6.26 Å². The summed E-state index contributed by atoms with van der Waals surface area (Å²) >= 11 is 0. The highest BCUT2D eigenvalue weighted by Gasteiger charge is 2.31. The van der Waals surface area contributed by atoms with Crippen molar-refractivity contribution in [2.24, 2.45) is 0 Å². The van der Waals surface area contributed by atoms with Crippen molar-refractivity contribution in [1.29, 1.82) is 0 Å². The zero-order chi connectivity index (χ0) is 12.8. The van der Waals surface area contributed by atoms with Gasteiger partial charge in [-0.1, -0.05) is 6.07 Å². The fourth-order valence-electron chi connectivity index (χ4n) is 1.67. The third-order valence-corrected chi connectivity index (χ3v) is 5.30. The molecular weight excluding hydrogens is 262 g/mol. The number of rotatable bonds is 2. The second-order valence-electron chi connectivity index (χ2n) is 3.98. The smallest absolute Gasteiger partial charge is 0.204 e. The molecule has 0 radical (unpaired) electrons. The van der Waals surface area contributed by atoms with Gasteiger partial charge in [0, 0.05) is 11.9 Å². The minimum Gasteiger partial charge on any atom is -0.399 e. The quantitative estimate of drug-likeness (QED) is 0.789. The van der Waals surface area contributed by atoms with E-state index in [9.17, 15) is 16.8 Å². The maximum atomic E-state index is 12.0. The number of fused-ring (bicyclic) bond motifs is 1. The molecule has 2 rings (SSSR count). The average molecular weight is 273 g/mol. The fraction of sp³-hybridized carbons (Fsp3) is 0.200. The molecule has 0 aromatic heterocycles.